The third-order valence-electron chi connectivity index (χ3n) is 2.39. The molecule has 90 valence electrons. The lowest BCUT2D eigenvalue weighted by molar-refractivity contribution is 0.102. The van der Waals surface area contributed by atoms with Crippen LogP contribution in [0.3, 0.4) is 0 Å². The molecule has 2 aromatic rings. The molecule has 0 aliphatic heterocycles. The second-order valence-corrected chi connectivity index (χ2v) is 4.86. The van der Waals surface area contributed by atoms with E-state index in [0.29, 0.717) is 10.7 Å². The van der Waals surface area contributed by atoms with Gasteiger partial charge in [-0.1, -0.05) is 0 Å². The molecule has 0 fully saturated rings. The van der Waals surface area contributed by atoms with Crippen LogP contribution in [0.15, 0.2) is 18.3 Å². The highest BCUT2D eigenvalue weighted by Gasteiger charge is 2.10. The molecule has 0 aliphatic rings. The highest BCUT2D eigenvalue weighted by atomic mass is 32.1. The first-order valence-electron chi connectivity index (χ1n) is 5.21. The minimum absolute atomic E-state index is 0.217. The van der Waals surface area contributed by atoms with E-state index in [4.69, 9.17) is 5.26 Å². The number of anilines is 1. The number of rotatable bonds is 2. The van der Waals surface area contributed by atoms with Crippen LogP contribution in [0, 0.1) is 25.2 Å². The lowest BCUT2D eigenvalue weighted by atomic mass is 10.2. The molecule has 2 heterocycles. The number of pyridine rings is 1. The molecule has 0 atom stereocenters. The normalized spacial score (nSPS) is 9.83. The summed E-state index contributed by atoms with van der Waals surface area (Å²) in [6, 6.07) is 4.90. The van der Waals surface area contributed by atoms with Gasteiger partial charge in [0.1, 0.15) is 11.8 Å². The molecule has 0 aliphatic carbocycles. The fourth-order valence-electron chi connectivity index (χ4n) is 1.33. The Balaban J connectivity index is 2.19. The number of thiazole rings is 1. The predicted molar refractivity (Wildman–Crippen MR) is 68.5 cm³/mol. The fourth-order valence-corrected chi connectivity index (χ4v) is 2.14. The summed E-state index contributed by atoms with van der Waals surface area (Å²) in [5, 5.41) is 12.0. The van der Waals surface area contributed by atoms with Crippen molar-refractivity contribution >= 4 is 22.4 Å². The highest BCUT2D eigenvalue weighted by molar-refractivity contribution is 7.15. The predicted octanol–water partition coefficient (Wildman–Crippen LogP) is 2.28. The molecule has 0 radical (unpaired) electrons. The molecule has 6 heteroatoms. The van der Waals surface area contributed by atoms with Gasteiger partial charge in [-0.2, -0.15) is 5.26 Å². The van der Waals surface area contributed by atoms with E-state index in [1.165, 1.54) is 23.6 Å². The molecule has 5 nitrogen and oxygen atoms in total. The third kappa shape index (κ3) is 2.52. The quantitative estimate of drug-likeness (QED) is 0.896. The lowest BCUT2D eigenvalue weighted by Crippen LogP contribution is -2.12. The molecule has 2 aromatic heterocycles. The number of nitrogens with zero attached hydrogens (tertiary/aromatic N) is 3. The second kappa shape index (κ2) is 4.94. The van der Waals surface area contributed by atoms with E-state index in [9.17, 15) is 4.79 Å². The van der Waals surface area contributed by atoms with Crippen molar-refractivity contribution in [2.24, 2.45) is 0 Å². The van der Waals surface area contributed by atoms with Crippen molar-refractivity contribution in [1.29, 1.82) is 5.26 Å². The Morgan fingerprint density at radius 3 is 2.89 bits per heavy atom. The summed E-state index contributed by atoms with van der Waals surface area (Å²) in [5.74, 6) is -0.289. The van der Waals surface area contributed by atoms with E-state index in [1.54, 1.807) is 6.07 Å². The van der Waals surface area contributed by atoms with Crippen molar-refractivity contribution in [3.8, 4) is 6.07 Å². The SMILES string of the molecule is Cc1nc(NC(=O)c2ccnc(C#N)c2)sc1C. The van der Waals surface area contributed by atoms with Crippen molar-refractivity contribution < 1.29 is 4.79 Å². The zero-order chi connectivity index (χ0) is 13.1. The fraction of sp³-hybridized carbons (Fsp3) is 0.167. The minimum atomic E-state index is -0.289. The van der Waals surface area contributed by atoms with Gasteiger partial charge < -0.3 is 0 Å². The number of nitriles is 1. The monoisotopic (exact) mass is 258 g/mol. The van der Waals surface area contributed by atoms with Crippen LogP contribution in [0.1, 0.15) is 26.6 Å². The van der Waals surface area contributed by atoms with Gasteiger partial charge in [-0.05, 0) is 26.0 Å². The van der Waals surface area contributed by atoms with Crippen molar-refractivity contribution in [3.63, 3.8) is 0 Å². The Morgan fingerprint density at radius 2 is 2.28 bits per heavy atom. The summed E-state index contributed by atoms with van der Waals surface area (Å²) in [6.07, 6.45) is 1.44. The molecule has 2 rings (SSSR count). The minimum Gasteiger partial charge on any atom is -0.298 e. The topological polar surface area (TPSA) is 78.7 Å². The molecule has 1 N–H and O–H groups in total. The number of hydrogen-bond donors (Lipinski definition) is 1. The molecule has 1 amide bonds. The van der Waals surface area contributed by atoms with Gasteiger partial charge in [0.05, 0.1) is 5.69 Å². The summed E-state index contributed by atoms with van der Waals surface area (Å²) in [6.45, 7) is 3.84. The van der Waals surface area contributed by atoms with Crippen molar-refractivity contribution in [2.75, 3.05) is 5.32 Å². The Morgan fingerprint density at radius 1 is 1.50 bits per heavy atom. The standard InChI is InChI=1S/C12H10N4OS/c1-7-8(2)18-12(15-7)16-11(17)9-3-4-14-10(5-9)6-13/h3-5H,1-2H3,(H,15,16,17). The van der Waals surface area contributed by atoms with Crippen LogP contribution in [0.25, 0.3) is 0 Å². The maximum absolute atomic E-state index is 11.9. The Bertz CT molecular complexity index is 622. The Labute approximate surface area is 108 Å². The van der Waals surface area contributed by atoms with Crippen molar-refractivity contribution in [2.45, 2.75) is 13.8 Å². The molecular formula is C12H10N4OS. The summed E-state index contributed by atoms with van der Waals surface area (Å²) >= 11 is 1.42. The average molecular weight is 258 g/mol. The van der Waals surface area contributed by atoms with Crippen LogP contribution in [0.4, 0.5) is 5.13 Å². The van der Waals surface area contributed by atoms with Crippen LogP contribution in [0.2, 0.25) is 0 Å². The van der Waals surface area contributed by atoms with Crippen molar-refractivity contribution in [1.82, 2.24) is 9.97 Å². The van der Waals surface area contributed by atoms with Crippen LogP contribution in [-0.4, -0.2) is 15.9 Å². The maximum Gasteiger partial charge on any atom is 0.257 e. The van der Waals surface area contributed by atoms with Gasteiger partial charge in [-0.25, -0.2) is 9.97 Å². The van der Waals surface area contributed by atoms with Crippen LogP contribution in [-0.2, 0) is 0 Å². The van der Waals surface area contributed by atoms with Gasteiger partial charge in [0.2, 0.25) is 0 Å². The van der Waals surface area contributed by atoms with Crippen LogP contribution >= 0.6 is 11.3 Å². The average Bonchev–Trinajstić information content (AvgIpc) is 2.68. The van der Waals surface area contributed by atoms with Gasteiger partial charge in [-0.3, -0.25) is 10.1 Å². The molecule has 0 aromatic carbocycles. The van der Waals surface area contributed by atoms with E-state index in [0.717, 1.165) is 10.6 Å². The molecule has 0 spiro atoms. The summed E-state index contributed by atoms with van der Waals surface area (Å²) < 4.78 is 0. The van der Waals surface area contributed by atoms with Crippen molar-refractivity contribution in [3.05, 3.63) is 40.2 Å². The van der Waals surface area contributed by atoms with E-state index in [1.807, 2.05) is 19.9 Å². The smallest absolute Gasteiger partial charge is 0.257 e. The zero-order valence-corrected chi connectivity index (χ0v) is 10.7. The van der Waals surface area contributed by atoms with Crippen LogP contribution < -0.4 is 5.32 Å². The zero-order valence-electron chi connectivity index (χ0n) is 9.89. The molecule has 0 bridgehead atoms. The highest BCUT2D eigenvalue weighted by Crippen LogP contribution is 2.21. The number of aromatic nitrogens is 2. The maximum atomic E-state index is 11.9. The van der Waals surface area contributed by atoms with E-state index in [2.05, 4.69) is 15.3 Å². The number of hydrogen-bond acceptors (Lipinski definition) is 5. The summed E-state index contributed by atoms with van der Waals surface area (Å²) in [4.78, 5) is 21.0. The molecule has 0 saturated carbocycles. The molecule has 0 saturated heterocycles. The Kier molecular flexibility index (Phi) is 3.35. The van der Waals surface area contributed by atoms with Gasteiger partial charge in [0.25, 0.3) is 5.91 Å². The number of amides is 1. The van der Waals surface area contributed by atoms with Gasteiger partial charge in [0, 0.05) is 16.6 Å². The number of aryl methyl sites for hydroxylation is 2. The number of carbonyl (C=O) groups excluding carboxylic acids is 1. The first-order chi connectivity index (χ1) is 8.60. The number of carbonyl (C=O) groups is 1. The van der Waals surface area contributed by atoms with E-state index >= 15 is 0 Å². The summed E-state index contributed by atoms with van der Waals surface area (Å²) in [5.41, 5.74) is 1.52. The van der Waals surface area contributed by atoms with E-state index in [-0.39, 0.29) is 11.6 Å². The first-order valence-corrected chi connectivity index (χ1v) is 6.03. The molecular weight excluding hydrogens is 248 g/mol. The van der Waals surface area contributed by atoms with Gasteiger partial charge in [-0.15, -0.1) is 11.3 Å². The third-order valence-corrected chi connectivity index (χ3v) is 3.37. The second-order valence-electron chi connectivity index (χ2n) is 3.66. The summed E-state index contributed by atoms with van der Waals surface area (Å²) in [7, 11) is 0. The van der Waals surface area contributed by atoms with E-state index < -0.39 is 0 Å². The first kappa shape index (κ1) is 12.2. The Hall–Kier alpha value is -2.26. The van der Waals surface area contributed by atoms with Gasteiger partial charge in [0.15, 0.2) is 5.13 Å². The lowest BCUT2D eigenvalue weighted by Gasteiger charge is -2.01. The molecule has 18 heavy (non-hydrogen) atoms. The van der Waals surface area contributed by atoms with Gasteiger partial charge >= 0.3 is 0 Å². The molecule has 0 unspecified atom stereocenters. The largest absolute Gasteiger partial charge is 0.298 e. The number of nitrogens with one attached hydrogen (secondary N) is 1. The van der Waals surface area contributed by atoms with Crippen LogP contribution in [0.5, 0.6) is 0 Å².